The first-order valence-electron chi connectivity index (χ1n) is 6.60. The highest BCUT2D eigenvalue weighted by Crippen LogP contribution is 2.36. The van der Waals surface area contributed by atoms with Crippen molar-refractivity contribution < 1.29 is 40.4 Å². The van der Waals surface area contributed by atoms with E-state index in [1.54, 1.807) is 0 Å². The first-order valence-corrected chi connectivity index (χ1v) is 8.36. The molecular weight excluding hydrogens is 359 g/mol. The number of nitrogens with two attached hydrogens (primary N) is 2. The Morgan fingerprint density at radius 2 is 1.33 bits per heavy atom. The number of halogens is 5. The Morgan fingerprint density at radius 1 is 1.00 bits per heavy atom. The van der Waals surface area contributed by atoms with Crippen LogP contribution in [0.2, 0.25) is 0 Å². The molecule has 1 unspecified atom stereocenters. The summed E-state index contributed by atoms with van der Waals surface area (Å²) in [5, 5.41) is -3.30. The fourth-order valence-electron chi connectivity index (χ4n) is 2.05. The minimum Gasteiger partial charge on any atom is -0.388 e. The molecule has 0 heterocycles. The van der Waals surface area contributed by atoms with E-state index in [-0.39, 0.29) is 13.2 Å². The fraction of sp³-hybridized carbons (Fsp3) is 0.417. The highest BCUT2D eigenvalue weighted by Gasteiger charge is 2.65. The van der Waals surface area contributed by atoms with Gasteiger partial charge in [-0.2, -0.15) is 0 Å². The molecule has 0 aromatic heterocycles. The Hall–Kier alpha value is -1.60. The van der Waals surface area contributed by atoms with Crippen molar-refractivity contribution in [2.24, 2.45) is 11.5 Å². The van der Waals surface area contributed by atoms with Crippen molar-refractivity contribution in [1.29, 1.82) is 0 Å². The largest absolute Gasteiger partial charge is 0.534 e. The van der Waals surface area contributed by atoms with Crippen LogP contribution in [0.5, 0.6) is 0 Å². The first-order chi connectivity index (χ1) is 11.0. The first kappa shape index (κ1) is 20.4. The predicted octanol–water partition coefficient (Wildman–Crippen LogP) is 0.565. The van der Waals surface area contributed by atoms with Crippen molar-refractivity contribution in [3.05, 3.63) is 34.6 Å². The Kier molecular flexibility index (Phi) is 6.05. The van der Waals surface area contributed by atoms with Gasteiger partial charge in [0.2, 0.25) is 11.7 Å². The van der Waals surface area contributed by atoms with Gasteiger partial charge in [0.05, 0.1) is 5.56 Å². The van der Waals surface area contributed by atoms with Crippen LogP contribution in [0.25, 0.3) is 0 Å². The summed E-state index contributed by atoms with van der Waals surface area (Å²) in [7, 11) is -5.07. The van der Waals surface area contributed by atoms with Gasteiger partial charge in [0.25, 0.3) is 0 Å². The summed E-state index contributed by atoms with van der Waals surface area (Å²) in [6.07, 6.45) is 0. The maximum atomic E-state index is 14.1. The molecule has 1 amide bonds. The molecule has 0 aliphatic rings. The van der Waals surface area contributed by atoms with Gasteiger partial charge >= 0.3 is 8.80 Å². The molecule has 1 atom stereocenters. The molecule has 0 fully saturated rings. The quantitative estimate of drug-likeness (QED) is 0.280. The molecule has 0 aliphatic heterocycles. The molecule has 0 spiro atoms. The van der Waals surface area contributed by atoms with Crippen LogP contribution in [0.3, 0.4) is 0 Å². The van der Waals surface area contributed by atoms with Gasteiger partial charge in [0.1, 0.15) is 0 Å². The lowest BCUT2D eigenvalue weighted by molar-refractivity contribution is -0.123. The summed E-state index contributed by atoms with van der Waals surface area (Å²) in [6, 6.07) is 0. The third kappa shape index (κ3) is 2.91. The zero-order chi connectivity index (χ0) is 18.9. The summed E-state index contributed by atoms with van der Waals surface area (Å²) in [5.41, 5.74) is 8.74. The Balaban J connectivity index is 3.89. The second kappa shape index (κ2) is 7.10. The molecule has 0 saturated carbocycles. The van der Waals surface area contributed by atoms with Gasteiger partial charge in [-0.25, -0.2) is 22.0 Å². The Morgan fingerprint density at radius 3 is 1.62 bits per heavy atom. The molecule has 1 rings (SSSR count). The van der Waals surface area contributed by atoms with E-state index in [0.717, 1.165) is 0 Å². The second-order valence-electron chi connectivity index (χ2n) is 4.57. The maximum absolute atomic E-state index is 14.1. The number of amides is 1. The van der Waals surface area contributed by atoms with Gasteiger partial charge in [-0.15, -0.1) is 0 Å². The topological polar surface area (TPSA) is 108 Å². The van der Waals surface area contributed by atoms with Crippen LogP contribution < -0.4 is 11.5 Å². The van der Waals surface area contributed by atoms with Crippen LogP contribution in [-0.4, -0.2) is 32.7 Å². The predicted molar refractivity (Wildman–Crippen MR) is 72.5 cm³/mol. The number of primary amides is 1. The van der Waals surface area contributed by atoms with Crippen LogP contribution in [0.15, 0.2) is 0 Å². The second-order valence-corrected chi connectivity index (χ2v) is 7.09. The Labute approximate surface area is 134 Å². The third-order valence-electron chi connectivity index (χ3n) is 3.17. The van der Waals surface area contributed by atoms with E-state index >= 15 is 0 Å². The van der Waals surface area contributed by atoms with Crippen LogP contribution in [0.1, 0.15) is 19.4 Å². The molecule has 0 aliphatic carbocycles. The highest BCUT2D eigenvalue weighted by molar-refractivity contribution is 6.67. The maximum Gasteiger partial charge on any atom is 0.534 e. The molecule has 1 aromatic carbocycles. The van der Waals surface area contributed by atoms with Gasteiger partial charge in [-0.3, -0.25) is 4.79 Å². The van der Waals surface area contributed by atoms with Gasteiger partial charge < -0.3 is 25.1 Å². The summed E-state index contributed by atoms with van der Waals surface area (Å²) in [5.74, 6) is -13.8. The van der Waals surface area contributed by atoms with Crippen LogP contribution >= 0.6 is 0 Å². The van der Waals surface area contributed by atoms with E-state index < -0.39 is 54.5 Å². The van der Waals surface area contributed by atoms with Crippen LogP contribution in [0.4, 0.5) is 22.0 Å². The van der Waals surface area contributed by atoms with E-state index in [9.17, 15) is 31.5 Å². The monoisotopic (exact) mass is 374 g/mol. The van der Waals surface area contributed by atoms with Crippen LogP contribution in [0, 0.1) is 29.1 Å². The van der Waals surface area contributed by atoms with Crippen molar-refractivity contribution in [3.63, 3.8) is 0 Å². The van der Waals surface area contributed by atoms with E-state index in [2.05, 4.69) is 0 Å². The summed E-state index contributed by atoms with van der Waals surface area (Å²) < 4.78 is 77.9. The summed E-state index contributed by atoms with van der Waals surface area (Å²) >= 11 is 0. The van der Waals surface area contributed by atoms with Crippen molar-refractivity contribution in [3.8, 4) is 0 Å². The normalized spacial score (nSPS) is 14.5. The molecule has 0 saturated heterocycles. The SMILES string of the molecule is CCO[Si](O)(OCC)C(N)(C(N)=O)c1c(F)c(F)c(F)c(F)c1F. The van der Waals surface area contributed by atoms with E-state index in [1.807, 2.05) is 0 Å². The standard InChI is InChI=1S/C12H15F5N2O4Si/c1-3-22-24(21,23-4-2)12(19,11(18)20)5-6(13)8(15)10(17)9(16)7(5)14/h21H,3-4,19H2,1-2H3,(H2,18,20). The molecular formula is C12H15F5N2O4Si. The highest BCUT2D eigenvalue weighted by atomic mass is 28.4. The van der Waals surface area contributed by atoms with Gasteiger partial charge in [0.15, 0.2) is 28.4 Å². The molecule has 0 radical (unpaired) electrons. The third-order valence-corrected chi connectivity index (χ3v) is 6.02. The van der Waals surface area contributed by atoms with Crippen molar-refractivity contribution in [2.45, 2.75) is 19.0 Å². The van der Waals surface area contributed by atoms with Gasteiger partial charge in [0, 0.05) is 13.2 Å². The van der Waals surface area contributed by atoms with Gasteiger partial charge in [-0.05, 0) is 13.8 Å². The number of benzene rings is 1. The van der Waals surface area contributed by atoms with E-state index in [0.29, 0.717) is 0 Å². The van der Waals surface area contributed by atoms with Crippen molar-refractivity contribution in [2.75, 3.05) is 13.2 Å². The summed E-state index contributed by atoms with van der Waals surface area (Å²) in [4.78, 5) is 22.2. The molecule has 136 valence electrons. The lowest BCUT2D eigenvalue weighted by Crippen LogP contribution is -2.72. The van der Waals surface area contributed by atoms with E-state index in [4.69, 9.17) is 20.3 Å². The minimum absolute atomic E-state index is 0.343. The summed E-state index contributed by atoms with van der Waals surface area (Å²) in [6.45, 7) is 1.95. The fourth-order valence-corrected chi connectivity index (χ4v) is 4.22. The van der Waals surface area contributed by atoms with Crippen molar-refractivity contribution >= 4 is 14.7 Å². The molecule has 0 bridgehead atoms. The Bertz CT molecular complexity index is 628. The number of carbonyl (C=O) groups is 1. The van der Waals surface area contributed by atoms with Crippen molar-refractivity contribution in [1.82, 2.24) is 0 Å². The average Bonchev–Trinajstić information content (AvgIpc) is 2.51. The average molecular weight is 374 g/mol. The lowest BCUT2D eigenvalue weighted by Gasteiger charge is -2.37. The molecule has 24 heavy (non-hydrogen) atoms. The zero-order valence-electron chi connectivity index (χ0n) is 12.6. The molecule has 1 aromatic rings. The van der Waals surface area contributed by atoms with Crippen LogP contribution in [-0.2, 0) is 18.8 Å². The van der Waals surface area contributed by atoms with E-state index in [1.165, 1.54) is 13.8 Å². The number of hydrogen-bond acceptors (Lipinski definition) is 5. The lowest BCUT2D eigenvalue weighted by atomic mass is 10.0. The number of hydrogen-bond donors (Lipinski definition) is 3. The number of rotatable bonds is 7. The molecule has 12 heteroatoms. The number of carbonyl (C=O) groups excluding carboxylic acids is 1. The minimum atomic E-state index is -5.07. The molecule has 6 nitrogen and oxygen atoms in total. The molecule has 5 N–H and O–H groups in total. The van der Waals surface area contributed by atoms with Gasteiger partial charge in [-0.1, -0.05) is 0 Å². The smallest absolute Gasteiger partial charge is 0.388 e. The zero-order valence-corrected chi connectivity index (χ0v) is 13.6.